The molecule has 1 N–H and O–H groups in total. The van der Waals surface area contributed by atoms with E-state index in [9.17, 15) is 0 Å². The molecule has 1 aromatic carbocycles. The van der Waals surface area contributed by atoms with Gasteiger partial charge in [-0.25, -0.2) is 0 Å². The highest BCUT2D eigenvalue weighted by Crippen LogP contribution is 2.20. The summed E-state index contributed by atoms with van der Waals surface area (Å²) >= 11 is 0. The molecule has 0 saturated heterocycles. The van der Waals surface area contributed by atoms with Crippen LogP contribution in [-0.4, -0.2) is 57.1 Å². The van der Waals surface area contributed by atoms with Gasteiger partial charge >= 0.3 is 0 Å². The molecule has 120 valence electrons. The van der Waals surface area contributed by atoms with Crippen LogP contribution in [0.2, 0.25) is 0 Å². The molecule has 1 unspecified atom stereocenters. The smallest absolute Gasteiger partial charge is 0.0451 e. The molecule has 21 heavy (non-hydrogen) atoms. The lowest BCUT2D eigenvalue weighted by Gasteiger charge is -2.27. The zero-order valence-corrected chi connectivity index (χ0v) is 14.7. The average Bonchev–Trinajstić information content (AvgIpc) is 2.40. The molecule has 0 aliphatic carbocycles. The van der Waals surface area contributed by atoms with Crippen molar-refractivity contribution in [3.8, 4) is 0 Å². The molecular formula is C18H33N3. The van der Waals surface area contributed by atoms with Crippen LogP contribution in [-0.2, 0) is 0 Å². The maximum absolute atomic E-state index is 3.64. The van der Waals surface area contributed by atoms with Gasteiger partial charge in [0, 0.05) is 12.6 Å². The normalized spacial score (nSPS) is 13.1. The molecular weight excluding hydrogens is 258 g/mol. The van der Waals surface area contributed by atoms with Crippen molar-refractivity contribution >= 4 is 0 Å². The molecule has 3 heteroatoms. The summed E-state index contributed by atoms with van der Waals surface area (Å²) in [7, 11) is 6.50. The Balaban J connectivity index is 2.66. The minimum Gasteiger partial charge on any atom is -0.309 e. The van der Waals surface area contributed by atoms with E-state index >= 15 is 0 Å². The summed E-state index contributed by atoms with van der Waals surface area (Å²) < 4.78 is 0. The van der Waals surface area contributed by atoms with Crippen molar-refractivity contribution in [2.75, 3.05) is 47.3 Å². The first kappa shape index (κ1) is 18.1. The lowest BCUT2D eigenvalue weighted by Crippen LogP contribution is -2.34. The lowest BCUT2D eigenvalue weighted by atomic mass is 9.98. The van der Waals surface area contributed by atoms with Crippen molar-refractivity contribution < 1.29 is 0 Å². The molecule has 0 radical (unpaired) electrons. The third-order valence-electron chi connectivity index (χ3n) is 3.90. The van der Waals surface area contributed by atoms with Gasteiger partial charge in [-0.05, 0) is 72.2 Å². The van der Waals surface area contributed by atoms with E-state index in [1.165, 1.54) is 23.1 Å². The van der Waals surface area contributed by atoms with Crippen LogP contribution in [0.15, 0.2) is 18.2 Å². The van der Waals surface area contributed by atoms with Crippen molar-refractivity contribution in [1.29, 1.82) is 0 Å². The monoisotopic (exact) mass is 291 g/mol. The van der Waals surface area contributed by atoms with E-state index in [2.05, 4.69) is 75.2 Å². The minimum atomic E-state index is 0.416. The van der Waals surface area contributed by atoms with Crippen molar-refractivity contribution in [3.05, 3.63) is 34.9 Å². The van der Waals surface area contributed by atoms with Gasteiger partial charge in [0.05, 0.1) is 0 Å². The third kappa shape index (κ3) is 6.60. The number of hydrogen-bond donors (Lipinski definition) is 1. The molecule has 1 rings (SSSR count). The molecule has 1 atom stereocenters. The molecule has 0 heterocycles. The number of hydrogen-bond acceptors (Lipinski definition) is 3. The quantitative estimate of drug-likeness (QED) is 0.755. The van der Waals surface area contributed by atoms with Gasteiger partial charge in [0.15, 0.2) is 0 Å². The van der Waals surface area contributed by atoms with E-state index in [1.807, 2.05) is 0 Å². The fourth-order valence-corrected chi connectivity index (χ4v) is 2.71. The van der Waals surface area contributed by atoms with E-state index in [0.717, 1.165) is 26.2 Å². The number of likely N-dealkylation sites (N-methyl/N-ethyl adjacent to an activating group) is 2. The van der Waals surface area contributed by atoms with E-state index in [1.54, 1.807) is 0 Å². The van der Waals surface area contributed by atoms with Crippen LogP contribution in [0.5, 0.6) is 0 Å². The highest BCUT2D eigenvalue weighted by molar-refractivity contribution is 5.33. The Hall–Kier alpha value is -0.900. The van der Waals surface area contributed by atoms with Gasteiger partial charge in [-0.1, -0.05) is 30.7 Å². The first-order valence-electron chi connectivity index (χ1n) is 8.07. The van der Waals surface area contributed by atoms with Gasteiger partial charge in [0.2, 0.25) is 0 Å². The summed E-state index contributed by atoms with van der Waals surface area (Å²) in [6, 6.07) is 7.18. The molecule has 0 amide bonds. The summed E-state index contributed by atoms with van der Waals surface area (Å²) in [4.78, 5) is 4.69. The fraction of sp³-hybridized carbons (Fsp3) is 0.667. The van der Waals surface area contributed by atoms with Crippen LogP contribution in [0.4, 0.5) is 0 Å². The zero-order valence-electron chi connectivity index (χ0n) is 14.7. The Labute approximate surface area is 131 Å². The highest BCUT2D eigenvalue weighted by Gasteiger charge is 2.15. The molecule has 0 spiro atoms. The first-order valence-corrected chi connectivity index (χ1v) is 8.07. The maximum Gasteiger partial charge on any atom is 0.0451 e. The SMILES string of the molecule is CCNC(CN(C)CCCN(C)C)c1cc(C)ccc1C. The standard InChI is InChI=1S/C18H33N3/c1-7-19-18(14-21(6)12-8-11-20(4)5)17-13-15(2)9-10-16(17)3/h9-10,13,18-19H,7-8,11-12,14H2,1-6H3. The second-order valence-electron chi connectivity index (χ2n) is 6.39. The molecule has 0 bridgehead atoms. The van der Waals surface area contributed by atoms with Crippen LogP contribution in [0.1, 0.15) is 36.1 Å². The third-order valence-corrected chi connectivity index (χ3v) is 3.90. The average molecular weight is 291 g/mol. The van der Waals surface area contributed by atoms with Gasteiger partial charge in [-0.2, -0.15) is 0 Å². The van der Waals surface area contributed by atoms with Gasteiger partial charge in [0.1, 0.15) is 0 Å². The summed E-state index contributed by atoms with van der Waals surface area (Å²) in [5.74, 6) is 0. The predicted octanol–water partition coefficient (Wildman–Crippen LogP) is 2.84. The highest BCUT2D eigenvalue weighted by atomic mass is 15.1. The van der Waals surface area contributed by atoms with Gasteiger partial charge in [0.25, 0.3) is 0 Å². The molecule has 0 fully saturated rings. The number of rotatable bonds is 9. The van der Waals surface area contributed by atoms with Crippen LogP contribution < -0.4 is 5.32 Å². The van der Waals surface area contributed by atoms with E-state index in [-0.39, 0.29) is 0 Å². The molecule has 0 aliphatic rings. The zero-order chi connectivity index (χ0) is 15.8. The van der Waals surface area contributed by atoms with E-state index in [0.29, 0.717) is 6.04 Å². The minimum absolute atomic E-state index is 0.416. The van der Waals surface area contributed by atoms with Gasteiger partial charge < -0.3 is 15.1 Å². The van der Waals surface area contributed by atoms with Gasteiger partial charge in [-0.3, -0.25) is 0 Å². The predicted molar refractivity (Wildman–Crippen MR) is 93.0 cm³/mol. The lowest BCUT2D eigenvalue weighted by molar-refractivity contribution is 0.271. The molecule has 1 aromatic rings. The van der Waals surface area contributed by atoms with Crippen LogP contribution in [0.3, 0.4) is 0 Å². The van der Waals surface area contributed by atoms with Crippen LogP contribution >= 0.6 is 0 Å². The number of aryl methyl sites for hydroxylation is 2. The molecule has 0 aliphatic heterocycles. The van der Waals surface area contributed by atoms with E-state index in [4.69, 9.17) is 0 Å². The second kappa shape index (κ2) is 9.19. The fourth-order valence-electron chi connectivity index (χ4n) is 2.71. The number of nitrogens with one attached hydrogen (secondary N) is 1. The maximum atomic E-state index is 3.64. The Morgan fingerprint density at radius 1 is 1.10 bits per heavy atom. The number of nitrogens with zero attached hydrogens (tertiary/aromatic N) is 2. The Bertz CT molecular complexity index is 415. The largest absolute Gasteiger partial charge is 0.309 e. The van der Waals surface area contributed by atoms with Crippen molar-refractivity contribution in [2.24, 2.45) is 0 Å². The summed E-state index contributed by atoms with van der Waals surface area (Å²) in [5.41, 5.74) is 4.17. The van der Waals surface area contributed by atoms with Crippen LogP contribution in [0, 0.1) is 13.8 Å². The van der Waals surface area contributed by atoms with Crippen molar-refractivity contribution in [2.45, 2.75) is 33.2 Å². The van der Waals surface area contributed by atoms with Crippen LogP contribution in [0.25, 0.3) is 0 Å². The van der Waals surface area contributed by atoms with Crippen molar-refractivity contribution in [1.82, 2.24) is 15.1 Å². The topological polar surface area (TPSA) is 18.5 Å². The van der Waals surface area contributed by atoms with E-state index < -0.39 is 0 Å². The second-order valence-corrected chi connectivity index (χ2v) is 6.39. The molecule has 0 saturated carbocycles. The molecule has 0 aromatic heterocycles. The summed E-state index contributed by atoms with van der Waals surface area (Å²) in [6.07, 6.45) is 1.22. The Morgan fingerprint density at radius 3 is 2.43 bits per heavy atom. The van der Waals surface area contributed by atoms with Gasteiger partial charge in [-0.15, -0.1) is 0 Å². The Kier molecular flexibility index (Phi) is 7.94. The first-order chi connectivity index (χ1) is 9.93. The number of benzene rings is 1. The molecule has 3 nitrogen and oxygen atoms in total. The Morgan fingerprint density at radius 2 is 1.81 bits per heavy atom. The van der Waals surface area contributed by atoms with Crippen molar-refractivity contribution in [3.63, 3.8) is 0 Å². The summed E-state index contributed by atoms with van der Waals surface area (Å²) in [6.45, 7) is 10.9. The summed E-state index contributed by atoms with van der Waals surface area (Å²) in [5, 5.41) is 3.64.